The topological polar surface area (TPSA) is 68.8 Å². The molecule has 0 radical (unpaired) electrons. The number of anilines is 2. The predicted octanol–water partition coefficient (Wildman–Crippen LogP) is 1.92. The number of likely N-dealkylation sites (N-methyl/N-ethyl adjacent to an activating group) is 1. The molecule has 1 aromatic carbocycles. The molecule has 0 aliphatic carbocycles. The summed E-state index contributed by atoms with van der Waals surface area (Å²) in [6, 6.07) is 11.8. The molecule has 2 heterocycles. The molecule has 7 nitrogen and oxygen atoms in total. The Bertz CT molecular complexity index is 827. The zero-order chi connectivity index (χ0) is 20.8. The number of carbonyl (C=O) groups excluding carboxylic acids is 2. The van der Waals surface area contributed by atoms with Crippen LogP contribution in [0.5, 0.6) is 0 Å². The van der Waals surface area contributed by atoms with E-state index in [9.17, 15) is 9.59 Å². The fraction of sp³-hybridized carbons (Fsp3) is 0.409. The van der Waals surface area contributed by atoms with Crippen LogP contribution in [-0.2, 0) is 9.59 Å². The Kier molecular flexibility index (Phi) is 6.82. The molecule has 1 aliphatic heterocycles. The van der Waals surface area contributed by atoms with E-state index < -0.39 is 0 Å². The van der Waals surface area contributed by atoms with Crippen molar-refractivity contribution in [2.75, 3.05) is 56.5 Å². The van der Waals surface area contributed by atoms with Crippen molar-refractivity contribution in [2.24, 2.45) is 0 Å². The molecule has 3 rings (SSSR count). The molecule has 0 unspecified atom stereocenters. The van der Waals surface area contributed by atoms with Crippen molar-refractivity contribution < 1.29 is 9.59 Å². The SMILES string of the molecule is Cc1cccc(C)c1NC(=O)CN(C)CC(=O)N1CCN(c2ccccn2)CC1. The van der Waals surface area contributed by atoms with Crippen LogP contribution in [0.1, 0.15) is 11.1 Å². The Morgan fingerprint density at radius 3 is 2.31 bits per heavy atom. The summed E-state index contributed by atoms with van der Waals surface area (Å²) in [4.78, 5) is 35.2. The molecule has 29 heavy (non-hydrogen) atoms. The lowest BCUT2D eigenvalue weighted by Gasteiger charge is -2.36. The number of nitrogens with zero attached hydrogens (tertiary/aromatic N) is 4. The van der Waals surface area contributed by atoms with Gasteiger partial charge in [0.2, 0.25) is 11.8 Å². The third-order valence-electron chi connectivity index (χ3n) is 5.17. The molecule has 7 heteroatoms. The molecule has 1 N–H and O–H groups in total. The molecular formula is C22H29N5O2. The number of pyridine rings is 1. The van der Waals surface area contributed by atoms with Crippen molar-refractivity contribution in [2.45, 2.75) is 13.8 Å². The average Bonchev–Trinajstić information content (AvgIpc) is 2.71. The van der Waals surface area contributed by atoms with E-state index in [1.54, 1.807) is 18.1 Å². The van der Waals surface area contributed by atoms with Crippen molar-refractivity contribution >= 4 is 23.3 Å². The normalized spacial score (nSPS) is 14.2. The second-order valence-corrected chi connectivity index (χ2v) is 7.54. The van der Waals surface area contributed by atoms with Gasteiger partial charge < -0.3 is 15.1 Å². The maximum Gasteiger partial charge on any atom is 0.238 e. The minimum absolute atomic E-state index is 0.0491. The molecule has 1 fully saturated rings. The summed E-state index contributed by atoms with van der Waals surface area (Å²) in [5, 5.41) is 2.97. The van der Waals surface area contributed by atoms with E-state index in [1.165, 1.54) is 0 Å². The Morgan fingerprint density at radius 1 is 1.00 bits per heavy atom. The summed E-state index contributed by atoms with van der Waals surface area (Å²) in [5.74, 6) is 0.880. The smallest absolute Gasteiger partial charge is 0.238 e. The van der Waals surface area contributed by atoms with Crippen LogP contribution in [0, 0.1) is 13.8 Å². The molecule has 154 valence electrons. The van der Waals surface area contributed by atoms with E-state index in [0.717, 1.165) is 35.7 Å². The van der Waals surface area contributed by atoms with Gasteiger partial charge in [0.15, 0.2) is 0 Å². The van der Waals surface area contributed by atoms with Crippen LogP contribution in [0.15, 0.2) is 42.6 Å². The van der Waals surface area contributed by atoms with Gasteiger partial charge in [0.25, 0.3) is 0 Å². The number of benzene rings is 1. The number of hydrogen-bond acceptors (Lipinski definition) is 5. The summed E-state index contributed by atoms with van der Waals surface area (Å²) < 4.78 is 0. The summed E-state index contributed by atoms with van der Waals surface area (Å²) >= 11 is 0. The molecule has 1 aromatic heterocycles. The first-order valence-electron chi connectivity index (χ1n) is 9.92. The van der Waals surface area contributed by atoms with Crippen molar-refractivity contribution in [3.8, 4) is 0 Å². The summed E-state index contributed by atoms with van der Waals surface area (Å²) in [5.41, 5.74) is 2.91. The molecule has 1 saturated heterocycles. The highest BCUT2D eigenvalue weighted by atomic mass is 16.2. The molecule has 0 bridgehead atoms. The van der Waals surface area contributed by atoms with Crippen LogP contribution in [0.25, 0.3) is 0 Å². The Labute approximate surface area is 172 Å². The summed E-state index contributed by atoms with van der Waals surface area (Å²) in [7, 11) is 1.80. The third kappa shape index (κ3) is 5.54. The first kappa shape index (κ1) is 20.8. The molecular weight excluding hydrogens is 366 g/mol. The van der Waals surface area contributed by atoms with Gasteiger partial charge in [-0.15, -0.1) is 0 Å². The van der Waals surface area contributed by atoms with Crippen LogP contribution >= 0.6 is 0 Å². The third-order valence-corrected chi connectivity index (χ3v) is 5.17. The Hall–Kier alpha value is -2.93. The number of piperazine rings is 1. The Morgan fingerprint density at radius 2 is 1.69 bits per heavy atom. The van der Waals surface area contributed by atoms with Crippen LogP contribution < -0.4 is 10.2 Å². The van der Waals surface area contributed by atoms with Gasteiger partial charge in [0, 0.05) is 38.1 Å². The number of carbonyl (C=O) groups is 2. The second-order valence-electron chi connectivity index (χ2n) is 7.54. The first-order chi connectivity index (χ1) is 13.9. The molecule has 1 aliphatic rings. The highest BCUT2D eigenvalue weighted by molar-refractivity contribution is 5.94. The Balaban J connectivity index is 1.45. The molecule has 2 amide bonds. The zero-order valence-corrected chi connectivity index (χ0v) is 17.4. The monoisotopic (exact) mass is 395 g/mol. The van der Waals surface area contributed by atoms with Crippen LogP contribution in [0.4, 0.5) is 11.5 Å². The maximum absolute atomic E-state index is 12.6. The van der Waals surface area contributed by atoms with Crippen molar-refractivity contribution in [1.82, 2.24) is 14.8 Å². The van der Waals surface area contributed by atoms with Gasteiger partial charge >= 0.3 is 0 Å². The van der Waals surface area contributed by atoms with Gasteiger partial charge in [-0.1, -0.05) is 24.3 Å². The van der Waals surface area contributed by atoms with E-state index in [2.05, 4.69) is 15.2 Å². The van der Waals surface area contributed by atoms with Crippen LogP contribution in [0.3, 0.4) is 0 Å². The quantitative estimate of drug-likeness (QED) is 0.809. The highest BCUT2D eigenvalue weighted by Gasteiger charge is 2.23. The van der Waals surface area contributed by atoms with Gasteiger partial charge in [0.1, 0.15) is 5.82 Å². The number of aryl methyl sites for hydroxylation is 2. The molecule has 0 atom stereocenters. The van der Waals surface area contributed by atoms with Crippen molar-refractivity contribution in [3.63, 3.8) is 0 Å². The van der Waals surface area contributed by atoms with E-state index in [0.29, 0.717) is 13.1 Å². The fourth-order valence-electron chi connectivity index (χ4n) is 3.55. The number of amides is 2. The number of hydrogen-bond donors (Lipinski definition) is 1. The summed E-state index contributed by atoms with van der Waals surface area (Å²) in [6.07, 6.45) is 1.78. The van der Waals surface area contributed by atoms with Crippen molar-refractivity contribution in [3.05, 3.63) is 53.7 Å². The lowest BCUT2D eigenvalue weighted by molar-refractivity contribution is -0.132. The summed E-state index contributed by atoms with van der Waals surface area (Å²) in [6.45, 7) is 7.20. The highest BCUT2D eigenvalue weighted by Crippen LogP contribution is 2.19. The predicted molar refractivity (Wildman–Crippen MR) is 115 cm³/mol. The average molecular weight is 396 g/mol. The molecule has 2 aromatic rings. The standard InChI is InChI=1S/C22H29N5O2/c1-17-7-6-8-18(2)22(17)24-20(28)15-25(3)16-21(29)27-13-11-26(12-14-27)19-9-4-5-10-23-19/h4-10H,11-16H2,1-3H3,(H,24,28). The van der Waals surface area contributed by atoms with Gasteiger partial charge in [-0.2, -0.15) is 0 Å². The zero-order valence-electron chi connectivity index (χ0n) is 17.4. The van der Waals surface area contributed by atoms with Crippen molar-refractivity contribution in [1.29, 1.82) is 0 Å². The number of aromatic nitrogens is 1. The van der Waals surface area contributed by atoms with E-state index in [4.69, 9.17) is 0 Å². The van der Waals surface area contributed by atoms with Crippen LogP contribution in [0.2, 0.25) is 0 Å². The number of rotatable bonds is 6. The minimum Gasteiger partial charge on any atom is -0.353 e. The van der Waals surface area contributed by atoms with E-state index in [-0.39, 0.29) is 24.9 Å². The second kappa shape index (κ2) is 9.52. The van der Waals surface area contributed by atoms with Gasteiger partial charge in [-0.05, 0) is 44.2 Å². The molecule has 0 saturated carbocycles. The lowest BCUT2D eigenvalue weighted by atomic mass is 10.1. The number of para-hydroxylation sites is 1. The maximum atomic E-state index is 12.6. The first-order valence-corrected chi connectivity index (χ1v) is 9.92. The number of nitrogens with one attached hydrogen (secondary N) is 1. The minimum atomic E-state index is -0.113. The molecule has 0 spiro atoms. The van der Waals surface area contributed by atoms with Gasteiger partial charge in [-0.25, -0.2) is 4.98 Å². The van der Waals surface area contributed by atoms with Crippen LogP contribution in [-0.4, -0.2) is 72.9 Å². The lowest BCUT2D eigenvalue weighted by Crippen LogP contribution is -2.51. The van der Waals surface area contributed by atoms with E-state index >= 15 is 0 Å². The fourth-order valence-corrected chi connectivity index (χ4v) is 3.55. The van der Waals surface area contributed by atoms with E-state index in [1.807, 2.05) is 55.1 Å². The van der Waals surface area contributed by atoms with Gasteiger partial charge in [0.05, 0.1) is 13.1 Å². The van der Waals surface area contributed by atoms with Gasteiger partial charge in [-0.3, -0.25) is 14.5 Å². The largest absolute Gasteiger partial charge is 0.353 e.